The summed E-state index contributed by atoms with van der Waals surface area (Å²) in [6.45, 7) is 0. The van der Waals surface area contributed by atoms with Gasteiger partial charge in [0.15, 0.2) is 0 Å². The molecule has 4 heteroatoms. The number of hydrazone groups is 1. The van der Waals surface area contributed by atoms with Gasteiger partial charge in [0.2, 0.25) is 0 Å². The average molecular weight is 176 g/mol. The first-order chi connectivity index (χ1) is 6.31. The Morgan fingerprint density at radius 2 is 2.38 bits per heavy atom. The van der Waals surface area contributed by atoms with Crippen LogP contribution in [0.15, 0.2) is 40.7 Å². The van der Waals surface area contributed by atoms with E-state index in [0.29, 0.717) is 11.5 Å². The quantitative estimate of drug-likeness (QED) is 0.334. The van der Waals surface area contributed by atoms with Crippen molar-refractivity contribution in [2.45, 2.75) is 6.42 Å². The number of allylic oxidation sites excluding steroid dienone is 4. The number of nitrogens with two attached hydrogens (primary N) is 1. The third kappa shape index (κ3) is 1.26. The fourth-order valence-corrected chi connectivity index (χ4v) is 1.29. The molecule has 2 N–H and O–H groups in total. The molecule has 0 unspecified atom stereocenters. The van der Waals surface area contributed by atoms with E-state index in [1.165, 1.54) is 0 Å². The molecule has 0 atom stereocenters. The number of fused-ring (bicyclic) bond motifs is 1. The molecule has 0 amide bonds. The third-order valence-corrected chi connectivity index (χ3v) is 1.88. The molecule has 2 rings (SSSR count). The van der Waals surface area contributed by atoms with Crippen LogP contribution in [-0.4, -0.2) is 11.7 Å². The minimum absolute atomic E-state index is 0.248. The zero-order chi connectivity index (χ0) is 9.26. The summed E-state index contributed by atoms with van der Waals surface area (Å²) >= 11 is 0. The minimum Gasteiger partial charge on any atom is -0.426 e. The molecule has 1 aliphatic carbocycles. The van der Waals surface area contributed by atoms with Gasteiger partial charge in [-0.3, -0.25) is 4.79 Å². The number of carbonyl (C=O) groups is 1. The summed E-state index contributed by atoms with van der Waals surface area (Å²) < 4.78 is 4.99. The number of esters is 1. The van der Waals surface area contributed by atoms with Gasteiger partial charge in [-0.15, -0.1) is 0 Å². The van der Waals surface area contributed by atoms with Crippen molar-refractivity contribution in [2.24, 2.45) is 10.9 Å². The van der Waals surface area contributed by atoms with E-state index >= 15 is 0 Å². The summed E-state index contributed by atoms with van der Waals surface area (Å²) in [5, 5.41) is 3.59. The predicted molar refractivity (Wildman–Crippen MR) is 47.6 cm³/mol. The molecule has 0 fully saturated rings. The SMILES string of the molecule is NN=C1C=CC=C2OC(=O)CC=C21. The number of carbonyl (C=O) groups excluding carboxylic acids is 1. The lowest BCUT2D eigenvalue weighted by Gasteiger charge is -2.18. The Bertz CT molecular complexity index is 375. The van der Waals surface area contributed by atoms with Gasteiger partial charge in [-0.1, -0.05) is 12.2 Å². The van der Waals surface area contributed by atoms with Gasteiger partial charge in [-0.25, -0.2) is 0 Å². The summed E-state index contributed by atoms with van der Waals surface area (Å²) in [5.74, 6) is 5.46. The summed E-state index contributed by atoms with van der Waals surface area (Å²) in [6, 6.07) is 0. The summed E-state index contributed by atoms with van der Waals surface area (Å²) in [4.78, 5) is 10.9. The lowest BCUT2D eigenvalue weighted by atomic mass is 10.0. The standard InChI is InChI=1S/C9H8N2O2/c10-11-7-2-1-3-8-6(7)4-5-9(12)13-8/h1-4H,5,10H2. The van der Waals surface area contributed by atoms with E-state index in [2.05, 4.69) is 5.10 Å². The van der Waals surface area contributed by atoms with E-state index in [9.17, 15) is 4.79 Å². The monoisotopic (exact) mass is 176 g/mol. The maximum atomic E-state index is 10.9. The van der Waals surface area contributed by atoms with Crippen molar-refractivity contribution in [2.75, 3.05) is 0 Å². The van der Waals surface area contributed by atoms with E-state index in [4.69, 9.17) is 10.6 Å². The van der Waals surface area contributed by atoms with Gasteiger partial charge in [0.05, 0.1) is 12.1 Å². The molecule has 0 radical (unpaired) electrons. The molecule has 4 nitrogen and oxygen atoms in total. The van der Waals surface area contributed by atoms with Gasteiger partial charge in [-0.05, 0) is 12.2 Å². The van der Waals surface area contributed by atoms with Crippen LogP contribution in [0.5, 0.6) is 0 Å². The van der Waals surface area contributed by atoms with Crippen LogP contribution in [0.25, 0.3) is 0 Å². The highest BCUT2D eigenvalue weighted by Gasteiger charge is 2.21. The molecule has 66 valence electrons. The van der Waals surface area contributed by atoms with Gasteiger partial charge < -0.3 is 10.6 Å². The van der Waals surface area contributed by atoms with E-state index in [-0.39, 0.29) is 12.4 Å². The summed E-state index contributed by atoms with van der Waals surface area (Å²) in [7, 11) is 0. The van der Waals surface area contributed by atoms with Gasteiger partial charge in [0.1, 0.15) is 5.76 Å². The van der Waals surface area contributed by atoms with Crippen molar-refractivity contribution in [3.63, 3.8) is 0 Å². The van der Waals surface area contributed by atoms with E-state index < -0.39 is 0 Å². The number of hydrogen-bond acceptors (Lipinski definition) is 4. The molecule has 0 bridgehead atoms. The minimum atomic E-state index is -0.248. The summed E-state index contributed by atoms with van der Waals surface area (Å²) in [5.41, 5.74) is 1.44. The molecule has 2 aliphatic rings. The van der Waals surface area contributed by atoms with Crippen LogP contribution in [0, 0.1) is 0 Å². The molecule has 13 heavy (non-hydrogen) atoms. The Kier molecular flexibility index (Phi) is 1.73. The summed E-state index contributed by atoms with van der Waals surface area (Å²) in [6.07, 6.45) is 7.29. The average Bonchev–Trinajstić information content (AvgIpc) is 2.16. The highest BCUT2D eigenvalue weighted by Crippen LogP contribution is 2.23. The lowest BCUT2D eigenvalue weighted by Crippen LogP contribution is -2.17. The first kappa shape index (κ1) is 7.79. The van der Waals surface area contributed by atoms with Crippen LogP contribution in [0.2, 0.25) is 0 Å². The first-order valence-corrected chi connectivity index (χ1v) is 3.89. The second kappa shape index (κ2) is 2.90. The van der Waals surface area contributed by atoms with E-state index in [0.717, 1.165) is 5.57 Å². The van der Waals surface area contributed by atoms with Crippen LogP contribution in [-0.2, 0) is 9.53 Å². The fraction of sp³-hybridized carbons (Fsp3) is 0.111. The van der Waals surface area contributed by atoms with Gasteiger partial charge in [-0.2, -0.15) is 5.10 Å². The molecule has 1 aliphatic heterocycles. The molecule has 0 aromatic carbocycles. The molecule has 0 saturated heterocycles. The second-order valence-corrected chi connectivity index (χ2v) is 2.70. The van der Waals surface area contributed by atoms with Crippen molar-refractivity contribution >= 4 is 11.7 Å². The zero-order valence-electron chi connectivity index (χ0n) is 6.86. The van der Waals surface area contributed by atoms with Gasteiger partial charge >= 0.3 is 5.97 Å². The number of hydrogen-bond donors (Lipinski definition) is 1. The first-order valence-electron chi connectivity index (χ1n) is 3.89. The highest BCUT2D eigenvalue weighted by atomic mass is 16.5. The van der Waals surface area contributed by atoms with Crippen molar-refractivity contribution in [3.05, 3.63) is 35.6 Å². The van der Waals surface area contributed by atoms with E-state index in [1.807, 2.05) is 0 Å². The third-order valence-electron chi connectivity index (χ3n) is 1.88. The molecule has 0 spiro atoms. The number of rotatable bonds is 0. The maximum Gasteiger partial charge on any atom is 0.315 e. The zero-order valence-corrected chi connectivity index (χ0v) is 6.86. The van der Waals surface area contributed by atoms with Crippen LogP contribution in [0.3, 0.4) is 0 Å². The molecule has 0 saturated carbocycles. The Hall–Kier alpha value is -1.84. The Morgan fingerprint density at radius 1 is 1.54 bits per heavy atom. The largest absolute Gasteiger partial charge is 0.426 e. The fourth-order valence-electron chi connectivity index (χ4n) is 1.29. The molecular weight excluding hydrogens is 168 g/mol. The molecule has 1 heterocycles. The topological polar surface area (TPSA) is 64.7 Å². The Balaban J connectivity index is 2.44. The molecule has 0 aromatic heterocycles. The highest BCUT2D eigenvalue weighted by molar-refractivity contribution is 6.13. The second-order valence-electron chi connectivity index (χ2n) is 2.70. The predicted octanol–water partition coefficient (Wildman–Crippen LogP) is 0.628. The van der Waals surface area contributed by atoms with Gasteiger partial charge in [0.25, 0.3) is 0 Å². The van der Waals surface area contributed by atoms with Crippen molar-refractivity contribution < 1.29 is 9.53 Å². The molecule has 0 aromatic rings. The number of nitrogens with zero attached hydrogens (tertiary/aromatic N) is 1. The van der Waals surface area contributed by atoms with Crippen molar-refractivity contribution in [1.29, 1.82) is 0 Å². The number of ether oxygens (including phenoxy) is 1. The van der Waals surface area contributed by atoms with Crippen LogP contribution < -0.4 is 5.84 Å². The van der Waals surface area contributed by atoms with Crippen LogP contribution >= 0.6 is 0 Å². The normalized spacial score (nSPS) is 23.4. The van der Waals surface area contributed by atoms with Crippen molar-refractivity contribution in [1.82, 2.24) is 0 Å². The van der Waals surface area contributed by atoms with Crippen LogP contribution in [0.4, 0.5) is 0 Å². The lowest BCUT2D eigenvalue weighted by molar-refractivity contribution is -0.138. The Labute approximate surface area is 75.1 Å². The van der Waals surface area contributed by atoms with Gasteiger partial charge in [0, 0.05) is 5.57 Å². The van der Waals surface area contributed by atoms with E-state index in [1.54, 1.807) is 24.3 Å². The maximum absolute atomic E-state index is 10.9. The molecular formula is C9H8N2O2. The Morgan fingerprint density at radius 3 is 3.15 bits per heavy atom. The van der Waals surface area contributed by atoms with Crippen LogP contribution in [0.1, 0.15) is 6.42 Å². The smallest absolute Gasteiger partial charge is 0.315 e. The van der Waals surface area contributed by atoms with Crippen molar-refractivity contribution in [3.8, 4) is 0 Å².